The number of carbonyl (C=O) groups is 1. The molecule has 2 fully saturated rings. The summed E-state index contributed by atoms with van der Waals surface area (Å²) in [6, 6.07) is 0. The molecule has 0 radical (unpaired) electrons. The second-order valence-corrected chi connectivity index (χ2v) is 8.39. The zero-order valence-corrected chi connectivity index (χ0v) is 14.5. The largest absolute Gasteiger partial charge is 0.469 e. The van der Waals surface area contributed by atoms with Gasteiger partial charge in [-0.1, -0.05) is 13.8 Å². The molecule has 5 heteroatoms. The van der Waals surface area contributed by atoms with E-state index in [1.54, 1.807) is 0 Å². The van der Waals surface area contributed by atoms with Crippen LogP contribution < -0.4 is 0 Å². The molecule has 2 unspecified atom stereocenters. The minimum atomic E-state index is -0.0246. The monoisotopic (exact) mass is 314 g/mol. The molecule has 21 heavy (non-hydrogen) atoms. The Morgan fingerprint density at radius 3 is 2.24 bits per heavy atom. The van der Waals surface area contributed by atoms with Crippen molar-refractivity contribution < 1.29 is 9.53 Å². The van der Waals surface area contributed by atoms with Crippen LogP contribution in [0.15, 0.2) is 0 Å². The van der Waals surface area contributed by atoms with Crippen LogP contribution in [0, 0.1) is 5.92 Å². The number of likely N-dealkylation sites (tertiary alicyclic amines) is 1. The summed E-state index contributed by atoms with van der Waals surface area (Å²) in [5.41, 5.74) is 0. The Balaban J connectivity index is 1.60. The van der Waals surface area contributed by atoms with E-state index in [1.807, 2.05) is 0 Å². The number of hydrogen-bond donors (Lipinski definition) is 0. The van der Waals surface area contributed by atoms with Crippen LogP contribution in [0.2, 0.25) is 0 Å². The molecule has 0 aromatic rings. The average molecular weight is 314 g/mol. The summed E-state index contributed by atoms with van der Waals surface area (Å²) in [6.45, 7) is 11.6. The van der Waals surface area contributed by atoms with E-state index in [-0.39, 0.29) is 11.9 Å². The van der Waals surface area contributed by atoms with Gasteiger partial charge in [0.1, 0.15) is 0 Å². The highest BCUT2D eigenvalue weighted by Crippen LogP contribution is 2.24. The van der Waals surface area contributed by atoms with Crippen molar-refractivity contribution in [3.8, 4) is 0 Å². The normalized spacial score (nSPS) is 29.5. The van der Waals surface area contributed by atoms with Crippen molar-refractivity contribution in [2.24, 2.45) is 5.92 Å². The maximum absolute atomic E-state index is 11.5. The number of nitrogens with zero attached hydrogens (tertiary/aromatic N) is 2. The molecule has 0 amide bonds. The zero-order chi connectivity index (χ0) is 15.2. The summed E-state index contributed by atoms with van der Waals surface area (Å²) in [7, 11) is 1.49. The Bertz CT molecular complexity index is 322. The van der Waals surface area contributed by atoms with E-state index in [0.29, 0.717) is 0 Å². The number of esters is 1. The molecule has 0 aromatic heterocycles. The van der Waals surface area contributed by atoms with Crippen LogP contribution in [0.3, 0.4) is 0 Å². The van der Waals surface area contributed by atoms with Crippen LogP contribution in [0.25, 0.3) is 0 Å². The van der Waals surface area contributed by atoms with Crippen LogP contribution in [0.1, 0.15) is 33.1 Å². The lowest BCUT2D eigenvalue weighted by atomic mass is 9.97. The van der Waals surface area contributed by atoms with Gasteiger partial charge in [0.25, 0.3) is 0 Å². The fourth-order valence-electron chi connectivity index (χ4n) is 3.54. The average Bonchev–Trinajstić information content (AvgIpc) is 2.46. The summed E-state index contributed by atoms with van der Waals surface area (Å²) < 4.78 is 4.84. The second kappa shape index (κ2) is 8.39. The number of ether oxygens (including phenoxy) is 1. The minimum Gasteiger partial charge on any atom is -0.469 e. The molecule has 0 aromatic carbocycles. The standard InChI is InChI=1S/C16H30N2O2S/c1-13-11-18(12-14(2)21-13)8-4-7-17-9-5-15(6-10-17)16(19)20-3/h13-15H,4-12H2,1-3H3. The van der Waals surface area contributed by atoms with E-state index >= 15 is 0 Å². The van der Waals surface area contributed by atoms with Gasteiger partial charge < -0.3 is 14.5 Å². The Kier molecular flexibility index (Phi) is 6.83. The van der Waals surface area contributed by atoms with Gasteiger partial charge in [-0.3, -0.25) is 4.79 Å². The van der Waals surface area contributed by atoms with E-state index < -0.39 is 0 Å². The quantitative estimate of drug-likeness (QED) is 0.726. The van der Waals surface area contributed by atoms with Crippen molar-refractivity contribution in [2.45, 2.75) is 43.6 Å². The molecule has 0 bridgehead atoms. The first kappa shape index (κ1) is 17.1. The minimum absolute atomic E-state index is 0.0246. The third kappa shape index (κ3) is 5.46. The number of hydrogen-bond acceptors (Lipinski definition) is 5. The van der Waals surface area contributed by atoms with Crippen molar-refractivity contribution in [2.75, 3.05) is 46.4 Å². The molecule has 2 aliphatic heterocycles. The Morgan fingerprint density at radius 1 is 1.10 bits per heavy atom. The number of carbonyl (C=O) groups excluding carboxylic acids is 1. The molecule has 0 N–H and O–H groups in total. The van der Waals surface area contributed by atoms with Crippen molar-refractivity contribution in [3.05, 3.63) is 0 Å². The Morgan fingerprint density at radius 2 is 1.67 bits per heavy atom. The summed E-state index contributed by atoms with van der Waals surface area (Å²) in [5, 5.41) is 1.54. The molecule has 2 heterocycles. The Labute approximate surface area is 133 Å². The molecule has 2 aliphatic rings. The van der Waals surface area contributed by atoms with Gasteiger partial charge in [0.2, 0.25) is 0 Å². The summed E-state index contributed by atoms with van der Waals surface area (Å²) in [4.78, 5) is 16.6. The van der Waals surface area contributed by atoms with Crippen LogP contribution in [-0.4, -0.2) is 72.6 Å². The van der Waals surface area contributed by atoms with Gasteiger partial charge in [0, 0.05) is 23.6 Å². The number of rotatable bonds is 5. The number of piperidine rings is 1. The van der Waals surface area contributed by atoms with Crippen LogP contribution in [-0.2, 0) is 9.53 Å². The van der Waals surface area contributed by atoms with Gasteiger partial charge in [-0.25, -0.2) is 0 Å². The fourth-order valence-corrected chi connectivity index (χ4v) is 4.93. The molecular formula is C16H30N2O2S. The van der Waals surface area contributed by atoms with Gasteiger partial charge in [0.05, 0.1) is 13.0 Å². The van der Waals surface area contributed by atoms with E-state index in [0.717, 1.165) is 36.4 Å². The summed E-state index contributed by atoms with van der Waals surface area (Å²) in [6.07, 6.45) is 3.16. The van der Waals surface area contributed by atoms with Gasteiger partial charge in [-0.05, 0) is 45.4 Å². The molecule has 2 rings (SSSR count). The Hall–Kier alpha value is -0.260. The summed E-state index contributed by atoms with van der Waals surface area (Å²) in [5.74, 6) is 0.107. The highest BCUT2D eigenvalue weighted by molar-refractivity contribution is 8.00. The molecule has 2 saturated heterocycles. The van der Waals surface area contributed by atoms with Crippen molar-refractivity contribution >= 4 is 17.7 Å². The zero-order valence-electron chi connectivity index (χ0n) is 13.7. The van der Waals surface area contributed by atoms with Crippen molar-refractivity contribution in [3.63, 3.8) is 0 Å². The van der Waals surface area contributed by atoms with Crippen molar-refractivity contribution in [1.82, 2.24) is 9.80 Å². The smallest absolute Gasteiger partial charge is 0.308 e. The van der Waals surface area contributed by atoms with Gasteiger partial charge in [-0.15, -0.1) is 0 Å². The predicted molar refractivity (Wildman–Crippen MR) is 88.8 cm³/mol. The van der Waals surface area contributed by atoms with E-state index in [1.165, 1.54) is 39.7 Å². The molecule has 122 valence electrons. The van der Waals surface area contributed by atoms with Crippen LogP contribution >= 0.6 is 11.8 Å². The van der Waals surface area contributed by atoms with Gasteiger partial charge in [0.15, 0.2) is 0 Å². The lowest BCUT2D eigenvalue weighted by Gasteiger charge is -2.35. The van der Waals surface area contributed by atoms with E-state index in [9.17, 15) is 4.79 Å². The molecule has 2 atom stereocenters. The van der Waals surface area contributed by atoms with Crippen LogP contribution in [0.5, 0.6) is 0 Å². The SMILES string of the molecule is COC(=O)C1CCN(CCCN2CC(C)SC(C)C2)CC1. The lowest BCUT2D eigenvalue weighted by molar-refractivity contribution is -0.147. The maximum atomic E-state index is 11.5. The molecule has 0 aliphatic carbocycles. The summed E-state index contributed by atoms with van der Waals surface area (Å²) >= 11 is 2.12. The predicted octanol–water partition coefficient (Wildman–Crippen LogP) is 2.09. The molecule has 0 saturated carbocycles. The second-order valence-electron chi connectivity index (χ2n) is 6.51. The van der Waals surface area contributed by atoms with E-state index in [2.05, 4.69) is 35.4 Å². The molecule has 4 nitrogen and oxygen atoms in total. The fraction of sp³-hybridized carbons (Fsp3) is 0.938. The first-order chi connectivity index (χ1) is 10.1. The van der Waals surface area contributed by atoms with E-state index in [4.69, 9.17) is 4.74 Å². The number of methoxy groups -OCH3 is 1. The topological polar surface area (TPSA) is 32.8 Å². The van der Waals surface area contributed by atoms with Gasteiger partial charge >= 0.3 is 5.97 Å². The van der Waals surface area contributed by atoms with Crippen LogP contribution in [0.4, 0.5) is 0 Å². The molecule has 0 spiro atoms. The van der Waals surface area contributed by atoms with Gasteiger partial charge in [-0.2, -0.15) is 11.8 Å². The maximum Gasteiger partial charge on any atom is 0.308 e. The van der Waals surface area contributed by atoms with Crippen molar-refractivity contribution in [1.29, 1.82) is 0 Å². The number of thioether (sulfide) groups is 1. The lowest BCUT2D eigenvalue weighted by Crippen LogP contribution is -2.42. The first-order valence-electron chi connectivity index (χ1n) is 8.26. The first-order valence-corrected chi connectivity index (χ1v) is 9.20. The third-order valence-electron chi connectivity index (χ3n) is 4.57. The highest BCUT2D eigenvalue weighted by Gasteiger charge is 2.26. The highest BCUT2D eigenvalue weighted by atomic mass is 32.2. The molecular weight excluding hydrogens is 284 g/mol. The third-order valence-corrected chi connectivity index (χ3v) is 5.79.